The summed E-state index contributed by atoms with van der Waals surface area (Å²) in [5.74, 6) is 1.96. The second-order valence-electron chi connectivity index (χ2n) is 7.60. The highest BCUT2D eigenvalue weighted by atomic mass is 35.5. The summed E-state index contributed by atoms with van der Waals surface area (Å²) in [7, 11) is 0. The largest absolute Gasteiger partial charge is 0.338 e. The zero-order valence-corrected chi connectivity index (χ0v) is 19.0. The third-order valence-corrected chi connectivity index (χ3v) is 6.48. The average Bonchev–Trinajstić information content (AvgIpc) is 3.06. The van der Waals surface area contributed by atoms with Gasteiger partial charge in [0.15, 0.2) is 5.82 Å². The summed E-state index contributed by atoms with van der Waals surface area (Å²) in [6.45, 7) is 6.05. The zero-order valence-electron chi connectivity index (χ0n) is 17.5. The van der Waals surface area contributed by atoms with E-state index in [2.05, 4.69) is 27.2 Å². The molecule has 0 aliphatic carbocycles. The van der Waals surface area contributed by atoms with Crippen molar-refractivity contribution in [3.8, 4) is 0 Å². The van der Waals surface area contributed by atoms with Gasteiger partial charge in [0.05, 0.1) is 5.75 Å². The molecule has 0 spiro atoms. The molecule has 1 aromatic heterocycles. The normalized spacial score (nSPS) is 15.1. The van der Waals surface area contributed by atoms with Gasteiger partial charge in [0.1, 0.15) is 0 Å². The highest BCUT2D eigenvalue weighted by Crippen LogP contribution is 2.23. The van der Waals surface area contributed by atoms with E-state index >= 15 is 0 Å². The minimum atomic E-state index is 0.0948. The van der Waals surface area contributed by atoms with Crippen molar-refractivity contribution in [3.05, 3.63) is 76.4 Å². The first kappa shape index (κ1) is 21.9. The van der Waals surface area contributed by atoms with Crippen molar-refractivity contribution in [2.24, 2.45) is 0 Å². The Bertz CT molecular complexity index is 1010. The quantitative estimate of drug-likeness (QED) is 0.502. The molecule has 0 bridgehead atoms. The predicted octanol–water partition coefficient (Wildman–Crippen LogP) is 4.67. The number of benzene rings is 2. The molecule has 1 aliphatic heterocycles. The van der Waals surface area contributed by atoms with Gasteiger partial charge in [0, 0.05) is 48.2 Å². The Morgan fingerprint density at radius 3 is 2.55 bits per heavy atom. The topological polar surface area (TPSA) is 62.5 Å². The maximum Gasteiger partial charge on any atom is 0.253 e. The van der Waals surface area contributed by atoms with Gasteiger partial charge in [-0.15, -0.1) is 11.8 Å². The van der Waals surface area contributed by atoms with Gasteiger partial charge in [0.2, 0.25) is 5.89 Å². The number of hydrogen-bond donors (Lipinski definition) is 0. The number of nitrogens with zero attached hydrogens (tertiary/aromatic N) is 4. The Morgan fingerprint density at radius 1 is 1.06 bits per heavy atom. The summed E-state index contributed by atoms with van der Waals surface area (Å²) < 4.78 is 5.14. The molecule has 0 atom stereocenters. The predicted molar refractivity (Wildman–Crippen MR) is 122 cm³/mol. The maximum absolute atomic E-state index is 13.0. The molecule has 4 rings (SSSR count). The second-order valence-corrected chi connectivity index (χ2v) is 9.08. The fourth-order valence-electron chi connectivity index (χ4n) is 3.60. The van der Waals surface area contributed by atoms with Crippen molar-refractivity contribution in [1.82, 2.24) is 19.9 Å². The molecule has 8 heteroatoms. The van der Waals surface area contributed by atoms with Gasteiger partial charge >= 0.3 is 0 Å². The van der Waals surface area contributed by atoms with E-state index in [-0.39, 0.29) is 5.91 Å². The lowest BCUT2D eigenvalue weighted by Crippen LogP contribution is -2.35. The van der Waals surface area contributed by atoms with Crippen molar-refractivity contribution >= 4 is 29.3 Å². The van der Waals surface area contributed by atoms with E-state index in [1.807, 2.05) is 41.3 Å². The molecule has 6 nitrogen and oxygen atoms in total. The fraction of sp³-hybridized carbons (Fsp3) is 0.348. The average molecular weight is 457 g/mol. The van der Waals surface area contributed by atoms with Gasteiger partial charge in [-0.25, -0.2) is 0 Å². The summed E-state index contributed by atoms with van der Waals surface area (Å²) >= 11 is 7.59. The molecule has 0 N–H and O–H groups in total. The Kier molecular flexibility index (Phi) is 7.27. The molecule has 1 fully saturated rings. The molecule has 3 aromatic rings. The monoisotopic (exact) mass is 456 g/mol. The van der Waals surface area contributed by atoms with E-state index in [1.54, 1.807) is 18.7 Å². The van der Waals surface area contributed by atoms with Crippen LogP contribution in [0.5, 0.6) is 0 Å². The number of halogens is 1. The maximum atomic E-state index is 13.0. The molecule has 1 amide bonds. The SMILES string of the molecule is Cc1noc(CSc2ccc(C(=O)N3CCCN(Cc4ccc(Cl)cc4)CC3)cc2)n1. The molecule has 2 heterocycles. The van der Waals surface area contributed by atoms with Crippen LogP contribution in [0.4, 0.5) is 0 Å². The first-order valence-corrected chi connectivity index (χ1v) is 11.7. The van der Waals surface area contributed by atoms with Crippen molar-refractivity contribution in [2.45, 2.75) is 30.5 Å². The molecule has 1 aliphatic rings. The molecule has 2 aromatic carbocycles. The standard InChI is InChI=1S/C23H25ClN4O2S/c1-17-25-22(30-26-17)16-31-21-9-5-19(6-10-21)23(29)28-12-2-11-27(13-14-28)15-18-3-7-20(24)8-4-18/h3-10H,2,11-16H2,1H3. The van der Waals surface area contributed by atoms with Gasteiger partial charge in [-0.1, -0.05) is 28.9 Å². The van der Waals surface area contributed by atoms with E-state index in [0.29, 0.717) is 17.5 Å². The third-order valence-electron chi connectivity index (χ3n) is 5.23. The molecule has 1 saturated heterocycles. The fourth-order valence-corrected chi connectivity index (χ4v) is 4.46. The Hall–Kier alpha value is -2.35. The Labute approximate surface area is 191 Å². The summed E-state index contributed by atoms with van der Waals surface area (Å²) in [4.78, 5) is 22.6. The van der Waals surface area contributed by atoms with Crippen LogP contribution >= 0.6 is 23.4 Å². The highest BCUT2D eigenvalue weighted by Gasteiger charge is 2.20. The molecule has 0 unspecified atom stereocenters. The Morgan fingerprint density at radius 2 is 1.84 bits per heavy atom. The van der Waals surface area contributed by atoms with Crippen LogP contribution < -0.4 is 0 Å². The number of hydrogen-bond acceptors (Lipinski definition) is 6. The number of aromatic nitrogens is 2. The molecule has 0 saturated carbocycles. The van der Waals surface area contributed by atoms with Gasteiger partial charge in [-0.3, -0.25) is 9.69 Å². The molecule has 0 radical (unpaired) electrons. The number of rotatable bonds is 6. The lowest BCUT2D eigenvalue weighted by Gasteiger charge is -2.22. The van der Waals surface area contributed by atoms with Crippen molar-refractivity contribution in [3.63, 3.8) is 0 Å². The first-order valence-electron chi connectivity index (χ1n) is 10.3. The zero-order chi connectivity index (χ0) is 21.6. The molecular weight excluding hydrogens is 432 g/mol. The van der Waals surface area contributed by atoms with Crippen molar-refractivity contribution < 1.29 is 9.32 Å². The van der Waals surface area contributed by atoms with Crippen LogP contribution in [0.1, 0.15) is 34.1 Å². The van der Waals surface area contributed by atoms with Crippen LogP contribution in [0, 0.1) is 6.92 Å². The van der Waals surface area contributed by atoms with Gasteiger partial charge in [-0.05, 0) is 55.3 Å². The summed E-state index contributed by atoms with van der Waals surface area (Å²) in [6, 6.07) is 15.7. The van der Waals surface area contributed by atoms with E-state index in [9.17, 15) is 4.79 Å². The summed E-state index contributed by atoms with van der Waals surface area (Å²) in [6.07, 6.45) is 0.969. The smallest absolute Gasteiger partial charge is 0.253 e. The van der Waals surface area contributed by atoms with Crippen LogP contribution in [0.15, 0.2) is 57.9 Å². The van der Waals surface area contributed by atoms with Crippen molar-refractivity contribution in [2.75, 3.05) is 26.2 Å². The summed E-state index contributed by atoms with van der Waals surface area (Å²) in [5, 5.41) is 4.55. The van der Waals surface area contributed by atoms with Crippen LogP contribution in [-0.4, -0.2) is 52.0 Å². The number of amides is 1. The number of aryl methyl sites for hydroxylation is 1. The minimum Gasteiger partial charge on any atom is -0.338 e. The molecule has 162 valence electrons. The molecule has 31 heavy (non-hydrogen) atoms. The van der Waals surface area contributed by atoms with Gasteiger partial charge < -0.3 is 9.42 Å². The second kappa shape index (κ2) is 10.3. The summed E-state index contributed by atoms with van der Waals surface area (Å²) in [5.41, 5.74) is 1.97. The lowest BCUT2D eigenvalue weighted by molar-refractivity contribution is 0.0761. The van der Waals surface area contributed by atoms with Crippen LogP contribution in [0.2, 0.25) is 5.02 Å². The third kappa shape index (κ3) is 6.09. The first-order chi connectivity index (χ1) is 15.1. The number of carbonyl (C=O) groups excluding carboxylic acids is 1. The van der Waals surface area contributed by atoms with Crippen LogP contribution in [0.3, 0.4) is 0 Å². The van der Waals surface area contributed by atoms with E-state index in [4.69, 9.17) is 16.1 Å². The molecular formula is C23H25ClN4O2S. The van der Waals surface area contributed by atoms with Crippen LogP contribution in [0.25, 0.3) is 0 Å². The lowest BCUT2D eigenvalue weighted by atomic mass is 10.2. The minimum absolute atomic E-state index is 0.0948. The highest BCUT2D eigenvalue weighted by molar-refractivity contribution is 7.98. The van der Waals surface area contributed by atoms with Gasteiger partial charge in [0.25, 0.3) is 5.91 Å². The van der Waals surface area contributed by atoms with E-state index in [1.165, 1.54) is 5.56 Å². The van der Waals surface area contributed by atoms with E-state index < -0.39 is 0 Å². The van der Waals surface area contributed by atoms with Crippen LogP contribution in [-0.2, 0) is 12.3 Å². The number of thioether (sulfide) groups is 1. The Balaban J connectivity index is 1.29. The number of carbonyl (C=O) groups is 1. The van der Waals surface area contributed by atoms with E-state index in [0.717, 1.165) is 54.6 Å². The van der Waals surface area contributed by atoms with Gasteiger partial charge in [-0.2, -0.15) is 4.98 Å². The van der Waals surface area contributed by atoms with Crippen molar-refractivity contribution in [1.29, 1.82) is 0 Å².